The zero-order chi connectivity index (χ0) is 20.4. The fraction of sp³-hybridized carbons (Fsp3) is 0.920. The highest BCUT2D eigenvalue weighted by Gasteiger charge is 2.31. The highest BCUT2D eigenvalue weighted by Crippen LogP contribution is 2.36. The predicted molar refractivity (Wildman–Crippen MR) is 121 cm³/mol. The fourth-order valence-electron chi connectivity index (χ4n) is 4.31. The van der Waals surface area contributed by atoms with Gasteiger partial charge in [0.2, 0.25) is 0 Å². The van der Waals surface area contributed by atoms with E-state index in [4.69, 9.17) is 0 Å². The predicted octanol–water partition coefficient (Wildman–Crippen LogP) is 7.96. The first-order valence-corrected chi connectivity index (χ1v) is 11.4. The molecule has 1 nitrogen and oxygen atoms in total. The summed E-state index contributed by atoms with van der Waals surface area (Å²) in [4.78, 5) is 2.61. The van der Waals surface area contributed by atoms with Crippen molar-refractivity contribution in [2.24, 2.45) is 22.7 Å². The van der Waals surface area contributed by atoms with Gasteiger partial charge in [0.1, 0.15) is 0 Å². The Morgan fingerprint density at radius 2 is 1.54 bits per heavy atom. The molecule has 1 heteroatoms. The monoisotopic (exact) mass is 365 g/mol. The third kappa shape index (κ3) is 9.07. The van der Waals surface area contributed by atoms with E-state index in [1.165, 1.54) is 57.9 Å². The van der Waals surface area contributed by atoms with Crippen LogP contribution in [0.3, 0.4) is 0 Å². The largest absolute Gasteiger partial charge is 0.303 e. The standard InChI is InChI=1S/C25H51N/c1-11-17-24(7,8)22(5)23(6)26(10)20-15-19-25(9,13-3)18-14-16-21(4)12-2/h12,21-23H,2,11,13-20H2,1,3-10H3. The van der Waals surface area contributed by atoms with Gasteiger partial charge in [-0.1, -0.05) is 73.8 Å². The van der Waals surface area contributed by atoms with Crippen LogP contribution in [0.1, 0.15) is 107 Å². The fourth-order valence-corrected chi connectivity index (χ4v) is 4.31. The van der Waals surface area contributed by atoms with Gasteiger partial charge >= 0.3 is 0 Å². The molecule has 0 aromatic heterocycles. The Morgan fingerprint density at radius 1 is 0.962 bits per heavy atom. The van der Waals surface area contributed by atoms with Crippen LogP contribution in [0.25, 0.3) is 0 Å². The molecule has 0 aliphatic rings. The van der Waals surface area contributed by atoms with Crippen molar-refractivity contribution in [1.82, 2.24) is 4.90 Å². The van der Waals surface area contributed by atoms with Gasteiger partial charge in [-0.25, -0.2) is 0 Å². The molecule has 0 aromatic rings. The molecule has 0 heterocycles. The number of nitrogens with zero attached hydrogens (tertiary/aromatic N) is 1. The van der Waals surface area contributed by atoms with E-state index < -0.39 is 0 Å². The minimum Gasteiger partial charge on any atom is -0.303 e. The van der Waals surface area contributed by atoms with Crippen molar-refractivity contribution in [3.8, 4) is 0 Å². The molecule has 0 aliphatic carbocycles. The summed E-state index contributed by atoms with van der Waals surface area (Å²) in [5, 5.41) is 0. The van der Waals surface area contributed by atoms with Gasteiger partial charge in [0.25, 0.3) is 0 Å². The molecule has 0 saturated carbocycles. The van der Waals surface area contributed by atoms with Gasteiger partial charge < -0.3 is 4.90 Å². The summed E-state index contributed by atoms with van der Waals surface area (Å²) < 4.78 is 0. The summed E-state index contributed by atoms with van der Waals surface area (Å²) in [6.45, 7) is 24.4. The van der Waals surface area contributed by atoms with E-state index in [0.29, 0.717) is 22.8 Å². The topological polar surface area (TPSA) is 3.24 Å². The second kappa shape index (κ2) is 12.2. The summed E-state index contributed by atoms with van der Waals surface area (Å²) in [5.41, 5.74) is 0.945. The summed E-state index contributed by atoms with van der Waals surface area (Å²) in [7, 11) is 2.33. The van der Waals surface area contributed by atoms with Crippen LogP contribution in [-0.4, -0.2) is 24.5 Å². The maximum absolute atomic E-state index is 3.92. The van der Waals surface area contributed by atoms with Gasteiger partial charge in [-0.15, -0.1) is 6.58 Å². The highest BCUT2D eigenvalue weighted by molar-refractivity contribution is 4.83. The molecule has 0 bridgehead atoms. The lowest BCUT2D eigenvalue weighted by atomic mass is 9.73. The van der Waals surface area contributed by atoms with E-state index in [9.17, 15) is 0 Å². The molecule has 0 aliphatic heterocycles. The lowest BCUT2D eigenvalue weighted by Gasteiger charge is -2.40. The van der Waals surface area contributed by atoms with Gasteiger partial charge in [0.05, 0.1) is 0 Å². The molecule has 4 atom stereocenters. The molecule has 0 amide bonds. The summed E-state index contributed by atoms with van der Waals surface area (Å²) in [6.07, 6.45) is 12.7. The quantitative estimate of drug-likeness (QED) is 0.266. The molecule has 4 unspecified atom stereocenters. The molecular formula is C25H51N. The third-order valence-electron chi connectivity index (χ3n) is 7.53. The molecule has 0 aromatic carbocycles. The summed E-state index contributed by atoms with van der Waals surface area (Å²) in [6, 6.07) is 0.651. The van der Waals surface area contributed by atoms with Crippen LogP contribution in [0.5, 0.6) is 0 Å². The summed E-state index contributed by atoms with van der Waals surface area (Å²) >= 11 is 0. The zero-order valence-electron chi connectivity index (χ0n) is 19.8. The highest BCUT2D eigenvalue weighted by atomic mass is 15.1. The Hall–Kier alpha value is -0.300. The van der Waals surface area contributed by atoms with Crippen molar-refractivity contribution in [3.05, 3.63) is 12.7 Å². The van der Waals surface area contributed by atoms with Crippen molar-refractivity contribution in [2.75, 3.05) is 13.6 Å². The number of hydrogen-bond acceptors (Lipinski definition) is 1. The van der Waals surface area contributed by atoms with E-state index >= 15 is 0 Å². The van der Waals surface area contributed by atoms with Gasteiger partial charge in [0, 0.05) is 6.04 Å². The van der Waals surface area contributed by atoms with Gasteiger partial charge in [0.15, 0.2) is 0 Å². The van der Waals surface area contributed by atoms with Crippen molar-refractivity contribution in [1.29, 1.82) is 0 Å². The van der Waals surface area contributed by atoms with Crippen LogP contribution < -0.4 is 0 Å². The van der Waals surface area contributed by atoms with Crippen molar-refractivity contribution < 1.29 is 0 Å². The van der Waals surface area contributed by atoms with E-state index in [2.05, 4.69) is 80.0 Å². The first kappa shape index (κ1) is 25.7. The Morgan fingerprint density at radius 3 is 2.04 bits per heavy atom. The van der Waals surface area contributed by atoms with Crippen LogP contribution in [0.2, 0.25) is 0 Å². The minimum atomic E-state index is 0.433. The first-order valence-electron chi connectivity index (χ1n) is 11.4. The van der Waals surface area contributed by atoms with Crippen LogP contribution in [0, 0.1) is 22.7 Å². The van der Waals surface area contributed by atoms with Gasteiger partial charge in [-0.2, -0.15) is 0 Å². The lowest BCUT2D eigenvalue weighted by molar-refractivity contribution is 0.0930. The summed E-state index contributed by atoms with van der Waals surface area (Å²) in [5.74, 6) is 1.39. The zero-order valence-corrected chi connectivity index (χ0v) is 19.8. The van der Waals surface area contributed by atoms with E-state index in [-0.39, 0.29) is 0 Å². The Labute approximate surface area is 167 Å². The van der Waals surface area contributed by atoms with Gasteiger partial charge in [-0.05, 0) is 75.3 Å². The molecule has 0 N–H and O–H groups in total. The van der Waals surface area contributed by atoms with E-state index in [1.54, 1.807) is 0 Å². The van der Waals surface area contributed by atoms with Crippen molar-refractivity contribution in [3.63, 3.8) is 0 Å². The van der Waals surface area contributed by atoms with Gasteiger partial charge in [-0.3, -0.25) is 0 Å². The second-order valence-electron chi connectivity index (χ2n) is 10.1. The smallest absolute Gasteiger partial charge is 0.00946 e. The Balaban J connectivity index is 4.42. The average Bonchev–Trinajstić information content (AvgIpc) is 2.59. The minimum absolute atomic E-state index is 0.433. The average molecular weight is 366 g/mol. The van der Waals surface area contributed by atoms with Crippen LogP contribution in [0.4, 0.5) is 0 Å². The molecule has 0 fully saturated rings. The molecule has 0 spiro atoms. The van der Waals surface area contributed by atoms with Crippen molar-refractivity contribution in [2.45, 2.75) is 113 Å². The SMILES string of the molecule is C=CC(C)CCCC(C)(CC)CCCN(C)C(C)C(C)C(C)(C)CCC. The Bertz CT molecular complexity index is 372. The second-order valence-corrected chi connectivity index (χ2v) is 10.1. The maximum Gasteiger partial charge on any atom is 0.00946 e. The lowest BCUT2D eigenvalue weighted by Crippen LogP contribution is -2.41. The normalized spacial score (nSPS) is 18.4. The maximum atomic E-state index is 3.92. The third-order valence-corrected chi connectivity index (χ3v) is 7.53. The molecule has 0 radical (unpaired) electrons. The molecule has 0 saturated heterocycles. The van der Waals surface area contributed by atoms with E-state index in [0.717, 1.165) is 5.92 Å². The molecular weight excluding hydrogens is 314 g/mol. The molecule has 156 valence electrons. The van der Waals surface area contributed by atoms with Crippen LogP contribution in [-0.2, 0) is 0 Å². The first-order chi connectivity index (χ1) is 12.0. The van der Waals surface area contributed by atoms with Crippen LogP contribution in [0.15, 0.2) is 12.7 Å². The van der Waals surface area contributed by atoms with E-state index in [1.807, 2.05) is 0 Å². The molecule has 0 rings (SSSR count). The number of allylic oxidation sites excluding steroid dienone is 1. The van der Waals surface area contributed by atoms with Crippen LogP contribution >= 0.6 is 0 Å². The van der Waals surface area contributed by atoms with Crippen molar-refractivity contribution >= 4 is 0 Å². The number of hydrogen-bond donors (Lipinski definition) is 0. The number of rotatable bonds is 15. The Kier molecular flexibility index (Phi) is 12.1. The molecule has 26 heavy (non-hydrogen) atoms.